The van der Waals surface area contributed by atoms with Crippen molar-refractivity contribution in [2.75, 3.05) is 13.1 Å². The number of aromatic nitrogens is 1. The molecule has 0 atom stereocenters. The minimum atomic E-state index is -0.316. The Bertz CT molecular complexity index is 1240. The summed E-state index contributed by atoms with van der Waals surface area (Å²) in [5, 5.41) is 1.63. The van der Waals surface area contributed by atoms with Crippen LogP contribution < -0.4 is 5.63 Å². The lowest BCUT2D eigenvalue weighted by atomic mass is 9.96. The number of para-hydroxylation sites is 2. The van der Waals surface area contributed by atoms with Crippen LogP contribution in [0.2, 0.25) is 5.02 Å². The van der Waals surface area contributed by atoms with E-state index >= 15 is 0 Å². The third-order valence-corrected chi connectivity index (χ3v) is 6.37. The highest BCUT2D eigenvalue weighted by molar-refractivity contribution is 6.32. The molecule has 5 nitrogen and oxygen atoms in total. The third kappa shape index (κ3) is 3.64. The quantitative estimate of drug-likeness (QED) is 0.405. The minimum Gasteiger partial charge on any atom is -0.440 e. The Hall–Kier alpha value is -2.63. The smallest absolute Gasteiger partial charge is 0.336 e. The molecule has 0 radical (unpaired) electrons. The zero-order valence-electron chi connectivity index (χ0n) is 16.9. The highest BCUT2D eigenvalue weighted by atomic mass is 35.5. The van der Waals surface area contributed by atoms with Gasteiger partial charge in [0.2, 0.25) is 0 Å². The topological polar surface area (TPSA) is 59.5 Å². The predicted molar refractivity (Wildman–Crippen MR) is 118 cm³/mol. The van der Waals surface area contributed by atoms with E-state index in [1.807, 2.05) is 43.3 Å². The van der Waals surface area contributed by atoms with Crippen molar-refractivity contribution in [1.29, 1.82) is 0 Å². The summed E-state index contributed by atoms with van der Waals surface area (Å²) in [7, 11) is 0. The molecule has 1 aliphatic heterocycles. The van der Waals surface area contributed by atoms with E-state index in [2.05, 4.69) is 9.88 Å². The van der Waals surface area contributed by atoms with Gasteiger partial charge in [-0.1, -0.05) is 30.7 Å². The van der Waals surface area contributed by atoms with Gasteiger partial charge in [-0.2, -0.15) is 0 Å². The molecule has 0 bridgehead atoms. The maximum Gasteiger partial charge on any atom is 0.336 e. The molecule has 154 valence electrons. The fraction of sp³-hybridized carbons (Fsp3) is 0.333. The van der Waals surface area contributed by atoms with Crippen molar-refractivity contribution in [3.8, 4) is 0 Å². The zero-order chi connectivity index (χ0) is 20.7. The van der Waals surface area contributed by atoms with Gasteiger partial charge in [-0.05, 0) is 67.7 Å². The van der Waals surface area contributed by atoms with E-state index in [9.17, 15) is 4.79 Å². The molecule has 2 aromatic carbocycles. The second-order valence-corrected chi connectivity index (χ2v) is 8.36. The number of halogens is 1. The first-order valence-corrected chi connectivity index (χ1v) is 10.8. The van der Waals surface area contributed by atoms with E-state index in [1.165, 1.54) is 0 Å². The molecule has 0 saturated carbocycles. The Morgan fingerprint density at radius 2 is 1.87 bits per heavy atom. The van der Waals surface area contributed by atoms with Crippen LogP contribution in [0.25, 0.3) is 22.1 Å². The van der Waals surface area contributed by atoms with Crippen molar-refractivity contribution in [2.24, 2.45) is 0 Å². The Kier molecular flexibility index (Phi) is 5.09. The molecule has 1 saturated heterocycles. The van der Waals surface area contributed by atoms with Crippen molar-refractivity contribution < 1.29 is 8.83 Å². The Labute approximate surface area is 179 Å². The predicted octanol–water partition coefficient (Wildman–Crippen LogP) is 5.53. The molecule has 5 rings (SSSR count). The van der Waals surface area contributed by atoms with Crippen LogP contribution in [-0.2, 0) is 13.0 Å². The molecule has 0 amide bonds. The molecule has 1 fully saturated rings. The van der Waals surface area contributed by atoms with E-state index < -0.39 is 0 Å². The lowest BCUT2D eigenvalue weighted by Crippen LogP contribution is -2.32. The normalized spacial score (nSPS) is 15.9. The molecule has 0 aliphatic carbocycles. The van der Waals surface area contributed by atoms with E-state index in [-0.39, 0.29) is 5.63 Å². The maximum atomic E-state index is 12.1. The molecular weight excluding hydrogens is 400 g/mol. The summed E-state index contributed by atoms with van der Waals surface area (Å²) in [5.41, 5.74) is 4.01. The fourth-order valence-electron chi connectivity index (χ4n) is 4.33. The van der Waals surface area contributed by atoms with Crippen LogP contribution in [0, 0.1) is 0 Å². The van der Waals surface area contributed by atoms with Gasteiger partial charge in [0.25, 0.3) is 0 Å². The molecule has 30 heavy (non-hydrogen) atoms. The van der Waals surface area contributed by atoms with Crippen molar-refractivity contribution in [2.45, 2.75) is 38.6 Å². The van der Waals surface area contributed by atoms with Crippen LogP contribution in [0.4, 0.5) is 0 Å². The van der Waals surface area contributed by atoms with Crippen LogP contribution in [-0.4, -0.2) is 23.0 Å². The van der Waals surface area contributed by atoms with Gasteiger partial charge < -0.3 is 8.83 Å². The average Bonchev–Trinajstić information content (AvgIpc) is 3.18. The monoisotopic (exact) mass is 422 g/mol. The first-order chi connectivity index (χ1) is 14.6. The minimum absolute atomic E-state index is 0.316. The molecule has 3 heterocycles. The van der Waals surface area contributed by atoms with Gasteiger partial charge in [-0.25, -0.2) is 9.78 Å². The maximum absolute atomic E-state index is 12.1. The largest absolute Gasteiger partial charge is 0.440 e. The van der Waals surface area contributed by atoms with Crippen molar-refractivity contribution >= 4 is 33.7 Å². The van der Waals surface area contributed by atoms with Gasteiger partial charge in [-0.15, -0.1) is 0 Å². The van der Waals surface area contributed by atoms with Crippen molar-refractivity contribution in [3.63, 3.8) is 0 Å². The van der Waals surface area contributed by atoms with Gasteiger partial charge >= 0.3 is 5.63 Å². The molecular formula is C24H23ClN2O3. The van der Waals surface area contributed by atoms with E-state index in [1.54, 1.807) is 6.07 Å². The number of nitrogens with zero attached hydrogens (tertiary/aromatic N) is 2. The molecule has 1 aliphatic rings. The van der Waals surface area contributed by atoms with Gasteiger partial charge in [0.1, 0.15) is 11.1 Å². The Morgan fingerprint density at radius 1 is 1.07 bits per heavy atom. The summed E-state index contributed by atoms with van der Waals surface area (Å²) in [6.45, 7) is 4.58. The summed E-state index contributed by atoms with van der Waals surface area (Å²) in [5.74, 6) is 1.16. The second kappa shape index (κ2) is 7.89. The van der Waals surface area contributed by atoms with Crippen molar-refractivity contribution in [3.05, 3.63) is 74.9 Å². The number of rotatable bonds is 4. The zero-order valence-corrected chi connectivity index (χ0v) is 17.6. The molecule has 0 N–H and O–H groups in total. The number of likely N-dealkylation sites (tertiary alicyclic amines) is 1. The number of benzene rings is 2. The van der Waals surface area contributed by atoms with Gasteiger partial charge in [0.15, 0.2) is 11.5 Å². The van der Waals surface area contributed by atoms with Gasteiger partial charge in [0, 0.05) is 28.9 Å². The van der Waals surface area contributed by atoms with Gasteiger partial charge in [0.05, 0.1) is 0 Å². The summed E-state index contributed by atoms with van der Waals surface area (Å²) < 4.78 is 11.4. The van der Waals surface area contributed by atoms with Crippen LogP contribution in [0.1, 0.15) is 42.7 Å². The lowest BCUT2D eigenvalue weighted by Gasteiger charge is -2.30. The SMILES string of the molecule is CCc1cc2oc(=O)cc(CN3CCC(c4nc5ccccc5o4)CC3)c2cc1Cl. The standard InChI is InChI=1S/C24H23ClN2O3/c1-2-15-11-22-18(13-19(15)25)17(12-23(28)29-22)14-27-9-7-16(8-10-27)24-26-20-5-3-4-6-21(20)30-24/h3-6,11-13,16H,2,7-10,14H2,1H3. The highest BCUT2D eigenvalue weighted by Crippen LogP contribution is 2.32. The number of fused-ring (bicyclic) bond motifs is 2. The summed E-state index contributed by atoms with van der Waals surface area (Å²) >= 11 is 6.43. The van der Waals surface area contributed by atoms with Crippen LogP contribution >= 0.6 is 11.6 Å². The van der Waals surface area contributed by atoms with E-state index in [0.29, 0.717) is 18.0 Å². The van der Waals surface area contributed by atoms with E-state index in [4.69, 9.17) is 20.4 Å². The third-order valence-electron chi connectivity index (χ3n) is 6.02. The second-order valence-electron chi connectivity index (χ2n) is 7.95. The molecule has 0 spiro atoms. The molecule has 4 aromatic rings. The Morgan fingerprint density at radius 3 is 2.63 bits per heavy atom. The highest BCUT2D eigenvalue weighted by Gasteiger charge is 2.25. The van der Waals surface area contributed by atoms with Gasteiger partial charge in [-0.3, -0.25) is 4.90 Å². The summed E-state index contributed by atoms with van der Waals surface area (Å²) in [4.78, 5) is 19.2. The number of hydrogen-bond acceptors (Lipinski definition) is 5. The van der Waals surface area contributed by atoms with Crippen LogP contribution in [0.15, 0.2) is 56.1 Å². The lowest BCUT2D eigenvalue weighted by molar-refractivity contribution is 0.194. The summed E-state index contributed by atoms with van der Waals surface area (Å²) in [6, 6.07) is 13.3. The van der Waals surface area contributed by atoms with Crippen LogP contribution in [0.5, 0.6) is 0 Å². The molecule has 0 unspecified atom stereocenters. The average molecular weight is 423 g/mol. The first-order valence-electron chi connectivity index (χ1n) is 10.4. The number of piperidine rings is 1. The molecule has 2 aromatic heterocycles. The summed E-state index contributed by atoms with van der Waals surface area (Å²) in [6.07, 6.45) is 2.76. The van der Waals surface area contributed by atoms with Crippen molar-refractivity contribution in [1.82, 2.24) is 9.88 Å². The number of hydrogen-bond donors (Lipinski definition) is 0. The fourth-order valence-corrected chi connectivity index (χ4v) is 4.63. The Balaban J connectivity index is 1.34. The van der Waals surface area contributed by atoms with E-state index in [0.717, 1.165) is 70.9 Å². The number of oxazole rings is 1. The van der Waals surface area contributed by atoms with Crippen LogP contribution in [0.3, 0.4) is 0 Å². The molecule has 6 heteroatoms. The first kappa shape index (κ1) is 19.3. The number of aryl methyl sites for hydroxylation is 1.